The first-order valence-corrected chi connectivity index (χ1v) is 9.11. The van der Waals surface area contributed by atoms with Gasteiger partial charge in [-0.2, -0.15) is 0 Å². The van der Waals surface area contributed by atoms with Gasteiger partial charge >= 0.3 is 5.97 Å². The number of ketones is 1. The van der Waals surface area contributed by atoms with Gasteiger partial charge in [-0.15, -0.1) is 11.3 Å². The Kier molecular flexibility index (Phi) is 5.34. The summed E-state index contributed by atoms with van der Waals surface area (Å²) in [4.78, 5) is 26.3. The number of thiophene rings is 1. The monoisotopic (exact) mass is 356 g/mol. The summed E-state index contributed by atoms with van der Waals surface area (Å²) in [6.45, 7) is 2.00. The van der Waals surface area contributed by atoms with Gasteiger partial charge in [0, 0.05) is 10.8 Å². The van der Waals surface area contributed by atoms with Crippen LogP contribution < -0.4 is 4.74 Å². The zero-order valence-electron chi connectivity index (χ0n) is 14.2. The van der Waals surface area contributed by atoms with E-state index in [1.807, 2.05) is 41.8 Å². The number of methoxy groups -OCH3 is 1. The average Bonchev–Trinajstić information content (AvgIpc) is 3.15. The van der Waals surface area contributed by atoms with Crippen LogP contribution in [0.4, 0.5) is 0 Å². The highest BCUT2D eigenvalue weighted by Crippen LogP contribution is 2.43. The fourth-order valence-corrected chi connectivity index (χ4v) is 4.04. The third-order valence-electron chi connectivity index (χ3n) is 4.38. The van der Waals surface area contributed by atoms with Gasteiger partial charge in [-0.25, -0.2) is 0 Å². The van der Waals surface area contributed by atoms with Gasteiger partial charge in [0.1, 0.15) is 11.7 Å². The van der Waals surface area contributed by atoms with Crippen molar-refractivity contribution in [3.05, 3.63) is 58.3 Å². The second-order valence-electron chi connectivity index (χ2n) is 5.83. The molecule has 0 aliphatic heterocycles. The molecular formula is C20H20O4S. The van der Waals surface area contributed by atoms with E-state index in [2.05, 4.69) is 0 Å². The van der Waals surface area contributed by atoms with Gasteiger partial charge < -0.3 is 9.47 Å². The van der Waals surface area contributed by atoms with E-state index in [0.717, 1.165) is 16.0 Å². The van der Waals surface area contributed by atoms with E-state index in [1.165, 1.54) is 0 Å². The van der Waals surface area contributed by atoms with Crippen molar-refractivity contribution in [3.63, 3.8) is 0 Å². The Balaban J connectivity index is 2.05. The molecule has 1 aromatic carbocycles. The van der Waals surface area contributed by atoms with Crippen LogP contribution in [-0.2, 0) is 14.3 Å². The molecule has 0 fully saturated rings. The molecule has 0 amide bonds. The van der Waals surface area contributed by atoms with E-state index in [-0.39, 0.29) is 18.3 Å². The first-order chi connectivity index (χ1) is 12.2. The lowest BCUT2D eigenvalue weighted by molar-refractivity contribution is -0.151. The molecule has 1 aliphatic rings. The molecule has 5 heteroatoms. The molecule has 25 heavy (non-hydrogen) atoms. The van der Waals surface area contributed by atoms with Gasteiger partial charge in [0.05, 0.1) is 13.7 Å². The number of carbonyl (C=O) groups excluding carboxylic acids is 2. The molecule has 1 aliphatic carbocycles. The summed E-state index contributed by atoms with van der Waals surface area (Å²) in [7, 11) is 1.60. The van der Waals surface area contributed by atoms with Gasteiger partial charge in [-0.1, -0.05) is 24.3 Å². The first kappa shape index (κ1) is 17.4. The fraction of sp³-hybridized carbons (Fsp3) is 0.300. The Hall–Kier alpha value is -2.40. The summed E-state index contributed by atoms with van der Waals surface area (Å²) in [5.41, 5.74) is 1.81. The lowest BCUT2D eigenvalue weighted by Crippen LogP contribution is -2.34. The Labute approximate surface area is 151 Å². The van der Waals surface area contributed by atoms with Crippen LogP contribution >= 0.6 is 11.3 Å². The molecule has 1 heterocycles. The highest BCUT2D eigenvalue weighted by atomic mass is 32.1. The molecule has 0 bridgehead atoms. The topological polar surface area (TPSA) is 52.6 Å². The summed E-state index contributed by atoms with van der Waals surface area (Å²) in [6, 6.07) is 11.5. The normalized spacial score (nSPS) is 20.1. The highest BCUT2D eigenvalue weighted by Gasteiger charge is 2.40. The first-order valence-electron chi connectivity index (χ1n) is 8.23. The maximum atomic E-state index is 12.8. The Morgan fingerprint density at radius 1 is 1.24 bits per heavy atom. The molecule has 0 radical (unpaired) electrons. The van der Waals surface area contributed by atoms with Crippen LogP contribution in [0.1, 0.15) is 29.7 Å². The number of hydrogen-bond donors (Lipinski definition) is 0. The smallest absolute Gasteiger partial charge is 0.317 e. The van der Waals surface area contributed by atoms with E-state index in [9.17, 15) is 9.59 Å². The molecule has 0 N–H and O–H groups in total. The van der Waals surface area contributed by atoms with E-state index >= 15 is 0 Å². The third-order valence-corrected chi connectivity index (χ3v) is 5.33. The van der Waals surface area contributed by atoms with E-state index in [0.29, 0.717) is 12.2 Å². The summed E-state index contributed by atoms with van der Waals surface area (Å²) in [5, 5.41) is 1.98. The molecule has 1 aromatic heterocycles. The van der Waals surface area contributed by atoms with Crippen molar-refractivity contribution in [2.75, 3.05) is 13.7 Å². The van der Waals surface area contributed by atoms with Crippen LogP contribution in [-0.4, -0.2) is 25.5 Å². The van der Waals surface area contributed by atoms with Crippen LogP contribution in [0, 0.1) is 5.92 Å². The second-order valence-corrected chi connectivity index (χ2v) is 6.78. The van der Waals surface area contributed by atoms with Crippen LogP contribution in [0.5, 0.6) is 5.75 Å². The van der Waals surface area contributed by atoms with Gasteiger partial charge in [0.2, 0.25) is 0 Å². The van der Waals surface area contributed by atoms with Gasteiger partial charge in [0.15, 0.2) is 5.78 Å². The lowest BCUT2D eigenvalue weighted by Gasteiger charge is -2.30. The number of para-hydroxylation sites is 1. The van der Waals surface area contributed by atoms with E-state index in [4.69, 9.17) is 9.47 Å². The van der Waals surface area contributed by atoms with E-state index < -0.39 is 11.9 Å². The zero-order chi connectivity index (χ0) is 17.8. The van der Waals surface area contributed by atoms with E-state index in [1.54, 1.807) is 31.4 Å². The third kappa shape index (κ3) is 3.51. The molecule has 2 aromatic rings. The van der Waals surface area contributed by atoms with Crippen molar-refractivity contribution in [2.24, 2.45) is 5.92 Å². The number of benzene rings is 1. The van der Waals surface area contributed by atoms with Crippen LogP contribution in [0.25, 0.3) is 5.57 Å². The lowest BCUT2D eigenvalue weighted by atomic mass is 9.74. The molecule has 2 atom stereocenters. The predicted octanol–water partition coefficient (Wildman–Crippen LogP) is 4.08. The van der Waals surface area contributed by atoms with Crippen molar-refractivity contribution in [2.45, 2.75) is 19.3 Å². The number of hydrogen-bond acceptors (Lipinski definition) is 5. The van der Waals surface area contributed by atoms with Crippen LogP contribution in [0.15, 0.2) is 47.9 Å². The highest BCUT2D eigenvalue weighted by molar-refractivity contribution is 7.11. The SMILES string of the molecule is CCOC(=O)[C@H]1C(=O)C=C(c2cccs2)C[C@H]1c1ccccc1OC. The number of allylic oxidation sites excluding steroid dienone is 2. The number of ether oxygens (including phenoxy) is 2. The van der Waals surface area contributed by atoms with Crippen molar-refractivity contribution in [1.82, 2.24) is 0 Å². The van der Waals surface area contributed by atoms with Crippen molar-refractivity contribution >= 4 is 28.7 Å². The largest absolute Gasteiger partial charge is 0.496 e. The summed E-state index contributed by atoms with van der Waals surface area (Å²) in [5.74, 6) is -1.12. The van der Waals surface area contributed by atoms with Gasteiger partial charge in [-0.05, 0) is 48.1 Å². The average molecular weight is 356 g/mol. The molecule has 0 saturated carbocycles. The standard InChI is InChI=1S/C20H20O4S/c1-3-24-20(22)19-15(14-7-4-5-8-17(14)23-2)11-13(12-16(19)21)18-9-6-10-25-18/h4-10,12,15,19H,3,11H2,1-2H3/t15-,19+/m0/s1. The minimum Gasteiger partial charge on any atom is -0.496 e. The quantitative estimate of drug-likeness (QED) is 0.598. The maximum absolute atomic E-state index is 12.8. The predicted molar refractivity (Wildman–Crippen MR) is 97.8 cm³/mol. The second kappa shape index (κ2) is 7.66. The Morgan fingerprint density at radius 3 is 2.72 bits per heavy atom. The summed E-state index contributed by atoms with van der Waals surface area (Å²) in [6.07, 6.45) is 2.19. The fourth-order valence-electron chi connectivity index (χ4n) is 3.28. The van der Waals surface area contributed by atoms with Crippen LogP contribution in [0.2, 0.25) is 0 Å². The van der Waals surface area contributed by atoms with Gasteiger partial charge in [-0.3, -0.25) is 9.59 Å². The molecule has 4 nitrogen and oxygen atoms in total. The number of esters is 1. The van der Waals surface area contributed by atoms with Crippen molar-refractivity contribution in [1.29, 1.82) is 0 Å². The molecular weight excluding hydrogens is 336 g/mol. The minimum absolute atomic E-state index is 0.205. The Bertz CT molecular complexity index is 792. The minimum atomic E-state index is -0.833. The van der Waals surface area contributed by atoms with Gasteiger partial charge in [0.25, 0.3) is 0 Å². The molecule has 0 saturated heterocycles. The summed E-state index contributed by atoms with van der Waals surface area (Å²) >= 11 is 1.59. The summed E-state index contributed by atoms with van der Waals surface area (Å²) < 4.78 is 10.6. The van der Waals surface area contributed by atoms with Crippen molar-refractivity contribution in [3.8, 4) is 5.75 Å². The van der Waals surface area contributed by atoms with Crippen molar-refractivity contribution < 1.29 is 19.1 Å². The molecule has 0 unspecified atom stereocenters. The number of carbonyl (C=O) groups is 2. The molecule has 130 valence electrons. The van der Waals surface area contributed by atoms with Crippen LogP contribution in [0.3, 0.4) is 0 Å². The maximum Gasteiger partial charge on any atom is 0.317 e. The number of rotatable bonds is 5. The Morgan fingerprint density at radius 2 is 2.04 bits per heavy atom. The zero-order valence-corrected chi connectivity index (χ0v) is 15.0. The molecule has 3 rings (SSSR count). The molecule has 0 spiro atoms.